The van der Waals surface area contributed by atoms with Crippen molar-refractivity contribution in [1.82, 2.24) is 0 Å². The molecule has 1 aliphatic carbocycles. The van der Waals surface area contributed by atoms with E-state index in [9.17, 15) is 8.78 Å². The minimum atomic E-state index is -0.515. The Kier molecular flexibility index (Phi) is 3.08. The Labute approximate surface area is 103 Å². The van der Waals surface area contributed by atoms with E-state index >= 15 is 0 Å². The van der Waals surface area contributed by atoms with Crippen LogP contribution in [0.3, 0.4) is 0 Å². The molecule has 0 heterocycles. The van der Waals surface area contributed by atoms with Gasteiger partial charge in [-0.2, -0.15) is 0 Å². The summed E-state index contributed by atoms with van der Waals surface area (Å²) in [5, 5.41) is 0. The lowest BCUT2D eigenvalue weighted by molar-refractivity contribution is 0.532. The fourth-order valence-electron chi connectivity index (χ4n) is 2.16. The Morgan fingerprint density at radius 2 is 2.06 bits per heavy atom. The van der Waals surface area contributed by atoms with E-state index in [-0.39, 0.29) is 4.83 Å². The average molecular weight is 289 g/mol. The van der Waals surface area contributed by atoms with Gasteiger partial charge in [0.1, 0.15) is 11.6 Å². The van der Waals surface area contributed by atoms with Crippen molar-refractivity contribution in [1.29, 1.82) is 0 Å². The summed E-state index contributed by atoms with van der Waals surface area (Å²) in [7, 11) is 0. The molecule has 2 unspecified atom stereocenters. The van der Waals surface area contributed by atoms with Crippen molar-refractivity contribution in [2.24, 2.45) is 11.3 Å². The van der Waals surface area contributed by atoms with Crippen molar-refractivity contribution >= 4 is 15.9 Å². The molecule has 1 fully saturated rings. The maximum atomic E-state index is 13.4. The van der Waals surface area contributed by atoms with Crippen LogP contribution in [0.5, 0.6) is 0 Å². The van der Waals surface area contributed by atoms with Gasteiger partial charge in [0, 0.05) is 10.9 Å². The van der Waals surface area contributed by atoms with Crippen LogP contribution >= 0.6 is 15.9 Å². The molecule has 1 saturated carbocycles. The lowest BCUT2D eigenvalue weighted by Crippen LogP contribution is -2.10. The van der Waals surface area contributed by atoms with E-state index in [0.29, 0.717) is 23.3 Å². The highest BCUT2D eigenvalue weighted by atomic mass is 79.9. The molecule has 0 amide bonds. The maximum absolute atomic E-state index is 13.4. The van der Waals surface area contributed by atoms with E-state index < -0.39 is 11.6 Å². The molecule has 0 spiro atoms. The number of halogens is 3. The smallest absolute Gasteiger partial charge is 0.129 e. The maximum Gasteiger partial charge on any atom is 0.129 e. The van der Waals surface area contributed by atoms with Crippen molar-refractivity contribution in [3.8, 4) is 0 Å². The highest BCUT2D eigenvalue weighted by molar-refractivity contribution is 9.09. The third kappa shape index (κ3) is 2.45. The Morgan fingerprint density at radius 1 is 1.44 bits per heavy atom. The molecule has 3 heteroatoms. The topological polar surface area (TPSA) is 0 Å². The van der Waals surface area contributed by atoms with Crippen LogP contribution in [0, 0.1) is 23.0 Å². The second-order valence-electron chi connectivity index (χ2n) is 5.26. The molecule has 1 aliphatic rings. The molecule has 1 aromatic rings. The van der Waals surface area contributed by atoms with Crippen LogP contribution in [0.15, 0.2) is 18.2 Å². The van der Waals surface area contributed by atoms with Crippen molar-refractivity contribution in [3.05, 3.63) is 35.4 Å². The lowest BCUT2D eigenvalue weighted by atomic mass is 10.0. The highest BCUT2D eigenvalue weighted by Crippen LogP contribution is 2.56. The molecular weight excluding hydrogens is 274 g/mol. The summed E-state index contributed by atoms with van der Waals surface area (Å²) in [6.45, 7) is 4.43. The molecule has 0 bridgehead atoms. The first-order chi connectivity index (χ1) is 7.40. The van der Waals surface area contributed by atoms with Gasteiger partial charge < -0.3 is 0 Å². The Bertz CT molecular complexity index is 401. The third-order valence-electron chi connectivity index (χ3n) is 3.46. The highest BCUT2D eigenvalue weighted by Gasteiger charge is 2.49. The van der Waals surface area contributed by atoms with Crippen LogP contribution in [0.2, 0.25) is 0 Å². The van der Waals surface area contributed by atoms with E-state index in [0.717, 1.165) is 6.07 Å². The summed E-state index contributed by atoms with van der Waals surface area (Å²) in [4.78, 5) is 0.280. The van der Waals surface area contributed by atoms with Crippen molar-refractivity contribution < 1.29 is 8.78 Å². The molecule has 0 aliphatic heterocycles. The van der Waals surface area contributed by atoms with Gasteiger partial charge in [0.15, 0.2) is 0 Å². The van der Waals surface area contributed by atoms with Gasteiger partial charge in [0.05, 0.1) is 0 Å². The second kappa shape index (κ2) is 4.10. The van der Waals surface area contributed by atoms with E-state index in [4.69, 9.17) is 0 Å². The molecule has 0 aromatic heterocycles. The molecule has 2 atom stereocenters. The quantitative estimate of drug-likeness (QED) is 0.727. The van der Waals surface area contributed by atoms with Crippen LogP contribution in [-0.4, -0.2) is 4.83 Å². The van der Waals surface area contributed by atoms with E-state index in [2.05, 4.69) is 29.8 Å². The predicted molar refractivity (Wildman–Crippen MR) is 64.7 cm³/mol. The summed E-state index contributed by atoms with van der Waals surface area (Å²) in [6, 6.07) is 3.80. The van der Waals surface area contributed by atoms with Gasteiger partial charge in [-0.15, -0.1) is 0 Å². The summed E-state index contributed by atoms with van der Waals surface area (Å²) < 4.78 is 26.2. The molecule has 0 nitrogen and oxygen atoms in total. The molecule has 0 N–H and O–H groups in total. The number of hydrogen-bond acceptors (Lipinski definition) is 0. The molecule has 16 heavy (non-hydrogen) atoms. The number of alkyl halides is 1. The van der Waals surface area contributed by atoms with Crippen molar-refractivity contribution in [2.45, 2.75) is 31.5 Å². The van der Waals surface area contributed by atoms with Gasteiger partial charge >= 0.3 is 0 Å². The largest absolute Gasteiger partial charge is 0.207 e. The average Bonchev–Trinajstić information content (AvgIpc) is 2.80. The zero-order chi connectivity index (χ0) is 11.9. The van der Waals surface area contributed by atoms with Crippen LogP contribution in [0.1, 0.15) is 25.8 Å². The number of hydrogen-bond donors (Lipinski definition) is 0. The van der Waals surface area contributed by atoms with Crippen molar-refractivity contribution in [2.75, 3.05) is 0 Å². The molecule has 0 saturated heterocycles. The summed E-state index contributed by atoms with van der Waals surface area (Å²) >= 11 is 3.61. The van der Waals surface area contributed by atoms with E-state index in [1.807, 2.05) is 0 Å². The zero-order valence-corrected chi connectivity index (χ0v) is 11.0. The predicted octanol–water partition coefficient (Wildman–Crippen LogP) is 4.32. The minimum absolute atomic E-state index is 0.280. The standard InChI is InChI=1S/C13H15BrF2/c1-13(2)7-10(13)11(14)5-8-3-4-9(15)6-12(8)16/h3-4,6,10-11H,5,7H2,1-2H3. The van der Waals surface area contributed by atoms with Crippen molar-refractivity contribution in [3.63, 3.8) is 0 Å². The third-order valence-corrected chi connectivity index (χ3v) is 4.42. The Balaban J connectivity index is 2.04. The molecule has 2 rings (SSSR count). The Hall–Kier alpha value is -0.440. The number of benzene rings is 1. The minimum Gasteiger partial charge on any atom is -0.207 e. The number of rotatable bonds is 3. The fraction of sp³-hybridized carbons (Fsp3) is 0.538. The van der Waals surface area contributed by atoms with Crippen LogP contribution in [-0.2, 0) is 6.42 Å². The van der Waals surface area contributed by atoms with Gasteiger partial charge in [-0.1, -0.05) is 35.8 Å². The summed E-state index contributed by atoms with van der Waals surface area (Å²) in [5.41, 5.74) is 0.955. The van der Waals surface area contributed by atoms with Gasteiger partial charge in [-0.05, 0) is 35.8 Å². The summed E-state index contributed by atoms with van der Waals surface area (Å²) in [6.07, 6.45) is 1.80. The zero-order valence-electron chi connectivity index (χ0n) is 9.43. The van der Waals surface area contributed by atoms with Crippen LogP contribution in [0.25, 0.3) is 0 Å². The summed E-state index contributed by atoms with van der Waals surface area (Å²) in [5.74, 6) is -0.362. The van der Waals surface area contributed by atoms with Crippen LogP contribution < -0.4 is 0 Å². The monoisotopic (exact) mass is 288 g/mol. The molecular formula is C13H15BrF2. The Morgan fingerprint density at radius 3 is 2.56 bits per heavy atom. The first-order valence-electron chi connectivity index (χ1n) is 5.48. The van der Waals surface area contributed by atoms with Gasteiger partial charge in [0.25, 0.3) is 0 Å². The van der Waals surface area contributed by atoms with Gasteiger partial charge in [-0.3, -0.25) is 0 Å². The fourth-order valence-corrected chi connectivity index (χ4v) is 3.42. The lowest BCUT2D eigenvalue weighted by Gasteiger charge is -2.12. The molecule has 88 valence electrons. The van der Waals surface area contributed by atoms with E-state index in [1.54, 1.807) is 0 Å². The normalized spacial score (nSPS) is 24.2. The first-order valence-corrected chi connectivity index (χ1v) is 6.40. The van der Waals surface area contributed by atoms with E-state index in [1.165, 1.54) is 18.6 Å². The molecule has 1 aromatic carbocycles. The van der Waals surface area contributed by atoms with Gasteiger partial charge in [0.2, 0.25) is 0 Å². The van der Waals surface area contributed by atoms with Gasteiger partial charge in [-0.25, -0.2) is 8.78 Å². The SMILES string of the molecule is CC1(C)CC1C(Br)Cc1ccc(F)cc1F. The first kappa shape index (κ1) is 12.0. The molecule has 0 radical (unpaired) electrons. The van der Waals surface area contributed by atoms with Crippen LogP contribution in [0.4, 0.5) is 8.78 Å². The second-order valence-corrected chi connectivity index (χ2v) is 6.43.